The van der Waals surface area contributed by atoms with Gasteiger partial charge in [0, 0.05) is 32.1 Å². The van der Waals surface area contributed by atoms with Crippen LogP contribution in [-0.2, 0) is 14.2 Å². The standard InChI is InChI=1S/C17H20F3N5O4/c1-27-17(28-2)5-6-24(10-16(17,19)20)14-4-3-11(7-13(14)18)25-9-12(8-22-23-21)29-15(25)26/h3-4,7,12H,5-6,8-10H2,1-2H3/t12-/m0/s1. The third-order valence-electron chi connectivity index (χ3n) is 5.12. The molecule has 0 bridgehead atoms. The summed E-state index contributed by atoms with van der Waals surface area (Å²) in [6, 6.07) is 3.86. The second kappa shape index (κ2) is 7.97. The number of ether oxygens (including phenoxy) is 3. The number of rotatable bonds is 6. The van der Waals surface area contributed by atoms with Crippen molar-refractivity contribution in [3.05, 3.63) is 34.5 Å². The third-order valence-corrected chi connectivity index (χ3v) is 5.12. The van der Waals surface area contributed by atoms with E-state index in [-0.39, 0.29) is 37.4 Å². The van der Waals surface area contributed by atoms with E-state index in [0.717, 1.165) is 20.3 Å². The van der Waals surface area contributed by atoms with Crippen molar-refractivity contribution in [2.75, 3.05) is 50.2 Å². The van der Waals surface area contributed by atoms with Crippen molar-refractivity contribution in [1.82, 2.24) is 0 Å². The van der Waals surface area contributed by atoms with Gasteiger partial charge in [-0.05, 0) is 23.7 Å². The molecular weight excluding hydrogens is 395 g/mol. The lowest BCUT2D eigenvalue weighted by molar-refractivity contribution is -0.324. The monoisotopic (exact) mass is 415 g/mol. The van der Waals surface area contributed by atoms with Gasteiger partial charge in [0.05, 0.1) is 31.0 Å². The van der Waals surface area contributed by atoms with E-state index in [1.54, 1.807) is 0 Å². The maximum atomic E-state index is 14.7. The summed E-state index contributed by atoms with van der Waals surface area (Å²) in [6.07, 6.45) is -1.50. The summed E-state index contributed by atoms with van der Waals surface area (Å²) in [7, 11) is 2.29. The van der Waals surface area contributed by atoms with Crippen molar-refractivity contribution in [2.24, 2.45) is 5.11 Å². The zero-order valence-electron chi connectivity index (χ0n) is 15.8. The minimum Gasteiger partial charge on any atom is -0.444 e. The lowest BCUT2D eigenvalue weighted by Crippen LogP contribution is -2.62. The maximum absolute atomic E-state index is 14.7. The Kier molecular flexibility index (Phi) is 5.78. The van der Waals surface area contributed by atoms with Crippen molar-refractivity contribution >= 4 is 17.5 Å². The molecule has 9 nitrogen and oxygen atoms in total. The second-order valence-corrected chi connectivity index (χ2v) is 6.70. The van der Waals surface area contributed by atoms with Gasteiger partial charge in [0.2, 0.25) is 5.79 Å². The largest absolute Gasteiger partial charge is 0.444 e. The summed E-state index contributed by atoms with van der Waals surface area (Å²) < 4.78 is 58.8. The fourth-order valence-corrected chi connectivity index (χ4v) is 3.57. The SMILES string of the molecule is COC1(OC)CCN(c2ccc(N3C[C@H](CN=[N+]=[N-])OC3=O)cc2F)CC1(F)F. The number of hydrogen-bond donors (Lipinski definition) is 0. The normalized spacial score (nSPS) is 22.9. The van der Waals surface area contributed by atoms with Gasteiger partial charge < -0.3 is 19.1 Å². The molecule has 0 aromatic heterocycles. The molecule has 0 saturated carbocycles. The first-order valence-corrected chi connectivity index (χ1v) is 8.78. The number of carbonyl (C=O) groups excluding carboxylic acids is 1. The van der Waals surface area contributed by atoms with Gasteiger partial charge in [-0.3, -0.25) is 4.90 Å². The molecule has 2 aliphatic rings. The molecule has 0 aliphatic carbocycles. The molecule has 2 heterocycles. The number of alkyl halides is 2. The van der Waals surface area contributed by atoms with Gasteiger partial charge in [-0.15, -0.1) is 0 Å². The summed E-state index contributed by atoms with van der Waals surface area (Å²) >= 11 is 0. The van der Waals surface area contributed by atoms with E-state index in [9.17, 15) is 18.0 Å². The first-order valence-electron chi connectivity index (χ1n) is 8.78. The molecule has 1 amide bonds. The molecule has 0 radical (unpaired) electrons. The van der Waals surface area contributed by atoms with Crippen LogP contribution in [0.2, 0.25) is 0 Å². The number of anilines is 2. The van der Waals surface area contributed by atoms with Gasteiger partial charge in [0.15, 0.2) is 0 Å². The first kappa shape index (κ1) is 21.0. The first-order chi connectivity index (χ1) is 13.8. The number of amides is 1. The number of methoxy groups -OCH3 is 2. The van der Waals surface area contributed by atoms with E-state index >= 15 is 0 Å². The van der Waals surface area contributed by atoms with Crippen LogP contribution >= 0.6 is 0 Å². The molecule has 0 N–H and O–H groups in total. The number of halogens is 3. The summed E-state index contributed by atoms with van der Waals surface area (Å²) in [5.41, 5.74) is 8.54. The topological polar surface area (TPSA) is 100 Å². The van der Waals surface area contributed by atoms with Crippen LogP contribution in [0, 0.1) is 5.82 Å². The third kappa shape index (κ3) is 3.78. The molecule has 2 saturated heterocycles. The molecule has 3 rings (SSSR count). The number of nitrogens with zero attached hydrogens (tertiary/aromatic N) is 5. The van der Waals surface area contributed by atoms with Gasteiger partial charge >= 0.3 is 12.0 Å². The molecule has 158 valence electrons. The van der Waals surface area contributed by atoms with E-state index in [1.165, 1.54) is 21.9 Å². The molecule has 29 heavy (non-hydrogen) atoms. The van der Waals surface area contributed by atoms with E-state index in [0.29, 0.717) is 0 Å². The minimum atomic E-state index is -3.37. The van der Waals surface area contributed by atoms with Crippen LogP contribution in [0.25, 0.3) is 10.4 Å². The Bertz CT molecular complexity index is 829. The summed E-state index contributed by atoms with van der Waals surface area (Å²) in [5.74, 6) is -6.18. The van der Waals surface area contributed by atoms with Gasteiger partial charge in [0.25, 0.3) is 0 Å². The van der Waals surface area contributed by atoms with Gasteiger partial charge in [-0.1, -0.05) is 5.11 Å². The van der Waals surface area contributed by atoms with E-state index in [1.807, 2.05) is 0 Å². The van der Waals surface area contributed by atoms with Crippen molar-refractivity contribution < 1.29 is 32.2 Å². The molecule has 1 aromatic rings. The Morgan fingerprint density at radius 1 is 1.38 bits per heavy atom. The molecule has 1 atom stereocenters. The maximum Gasteiger partial charge on any atom is 0.414 e. The second-order valence-electron chi connectivity index (χ2n) is 6.70. The highest BCUT2D eigenvalue weighted by Gasteiger charge is 2.58. The van der Waals surface area contributed by atoms with Crippen molar-refractivity contribution in [3.8, 4) is 0 Å². The van der Waals surface area contributed by atoms with Crippen molar-refractivity contribution in [2.45, 2.75) is 24.2 Å². The average Bonchev–Trinajstić information content (AvgIpc) is 3.06. The zero-order chi connectivity index (χ0) is 21.2. The number of benzene rings is 1. The smallest absolute Gasteiger partial charge is 0.414 e. The highest BCUT2D eigenvalue weighted by Crippen LogP contribution is 2.41. The number of cyclic esters (lactones) is 1. The van der Waals surface area contributed by atoms with Crippen LogP contribution < -0.4 is 9.80 Å². The predicted molar refractivity (Wildman–Crippen MR) is 96.6 cm³/mol. The van der Waals surface area contributed by atoms with Crippen LogP contribution in [0.15, 0.2) is 23.3 Å². The predicted octanol–water partition coefficient (Wildman–Crippen LogP) is 3.30. The van der Waals surface area contributed by atoms with E-state index < -0.39 is 36.3 Å². The molecular formula is C17H20F3N5O4. The highest BCUT2D eigenvalue weighted by atomic mass is 19.3. The number of piperidine rings is 1. The lowest BCUT2D eigenvalue weighted by Gasteiger charge is -2.45. The molecule has 2 fully saturated rings. The highest BCUT2D eigenvalue weighted by molar-refractivity contribution is 5.90. The van der Waals surface area contributed by atoms with Crippen LogP contribution in [-0.4, -0.2) is 64.3 Å². The lowest BCUT2D eigenvalue weighted by atomic mass is 9.98. The van der Waals surface area contributed by atoms with E-state index in [4.69, 9.17) is 19.7 Å². The van der Waals surface area contributed by atoms with Crippen LogP contribution in [0.4, 0.5) is 29.3 Å². The number of hydrogen-bond acceptors (Lipinski definition) is 6. The quantitative estimate of drug-likeness (QED) is 0.307. The Labute approximate surface area is 164 Å². The van der Waals surface area contributed by atoms with Gasteiger partial charge in [-0.2, -0.15) is 8.78 Å². The van der Waals surface area contributed by atoms with Crippen molar-refractivity contribution in [1.29, 1.82) is 0 Å². The average molecular weight is 415 g/mol. The molecule has 12 heteroatoms. The van der Waals surface area contributed by atoms with Gasteiger partial charge in [-0.25, -0.2) is 9.18 Å². The Morgan fingerprint density at radius 2 is 2.10 bits per heavy atom. The van der Waals surface area contributed by atoms with Crippen molar-refractivity contribution in [3.63, 3.8) is 0 Å². The molecule has 2 aliphatic heterocycles. The summed E-state index contributed by atoms with van der Waals surface area (Å²) in [6.45, 7) is -0.649. The molecule has 0 spiro atoms. The summed E-state index contributed by atoms with van der Waals surface area (Å²) in [5, 5.41) is 3.35. The molecule has 0 unspecified atom stereocenters. The number of azide groups is 1. The Morgan fingerprint density at radius 3 is 2.69 bits per heavy atom. The Hall–Kier alpha value is -2.69. The van der Waals surface area contributed by atoms with Crippen LogP contribution in [0.3, 0.4) is 0 Å². The van der Waals surface area contributed by atoms with Crippen LogP contribution in [0.1, 0.15) is 6.42 Å². The van der Waals surface area contributed by atoms with E-state index in [2.05, 4.69) is 10.0 Å². The summed E-state index contributed by atoms with van der Waals surface area (Å²) in [4.78, 5) is 17.0. The molecule has 1 aromatic carbocycles. The van der Waals surface area contributed by atoms with Crippen LogP contribution in [0.5, 0.6) is 0 Å². The zero-order valence-corrected chi connectivity index (χ0v) is 15.8. The number of carbonyl (C=O) groups is 1. The Balaban J connectivity index is 1.77. The minimum absolute atomic E-state index is 0.0209. The fourth-order valence-electron chi connectivity index (χ4n) is 3.57. The van der Waals surface area contributed by atoms with Gasteiger partial charge in [0.1, 0.15) is 11.9 Å². The fraction of sp³-hybridized carbons (Fsp3) is 0.588.